The number of nitrogens with one attached hydrogen (secondary N) is 1. The number of likely N-dealkylation sites (tertiary alicyclic amines) is 1. The van der Waals surface area contributed by atoms with Gasteiger partial charge in [-0.25, -0.2) is 14.8 Å². The van der Waals surface area contributed by atoms with Crippen molar-refractivity contribution in [3.8, 4) is 0 Å². The van der Waals surface area contributed by atoms with Gasteiger partial charge in [0.05, 0.1) is 17.4 Å². The summed E-state index contributed by atoms with van der Waals surface area (Å²) in [7, 11) is 0. The smallest absolute Gasteiger partial charge is 0.410 e. The summed E-state index contributed by atoms with van der Waals surface area (Å²) in [6.07, 6.45) is 3.04. The molecule has 7 heteroatoms. The quantitative estimate of drug-likeness (QED) is 0.756. The Morgan fingerprint density at radius 2 is 2.04 bits per heavy atom. The molecule has 1 amide bonds. The van der Waals surface area contributed by atoms with E-state index in [2.05, 4.69) is 15.0 Å². The van der Waals surface area contributed by atoms with Gasteiger partial charge in [0.2, 0.25) is 0 Å². The van der Waals surface area contributed by atoms with Gasteiger partial charge < -0.3 is 20.4 Å². The van der Waals surface area contributed by atoms with Gasteiger partial charge in [0.1, 0.15) is 12.4 Å². The van der Waals surface area contributed by atoms with Gasteiger partial charge >= 0.3 is 6.09 Å². The van der Waals surface area contributed by atoms with E-state index in [1.54, 1.807) is 11.1 Å². The number of aromatic nitrogens is 3. The van der Waals surface area contributed by atoms with Crippen LogP contribution < -0.4 is 5.73 Å². The van der Waals surface area contributed by atoms with Crippen LogP contribution in [0.3, 0.4) is 0 Å². The lowest BCUT2D eigenvalue weighted by molar-refractivity contribution is 0.0867. The molecule has 1 aliphatic rings. The summed E-state index contributed by atoms with van der Waals surface area (Å²) in [6, 6.07) is 11.5. The summed E-state index contributed by atoms with van der Waals surface area (Å²) >= 11 is 0. The van der Waals surface area contributed by atoms with Crippen molar-refractivity contribution in [3.63, 3.8) is 0 Å². The van der Waals surface area contributed by atoms with Crippen molar-refractivity contribution in [2.75, 3.05) is 18.8 Å². The third-order valence-corrected chi connectivity index (χ3v) is 4.72. The number of nitrogens with two attached hydrogens (primary N) is 1. The molecule has 3 N–H and O–H groups in total. The molecule has 1 aliphatic heterocycles. The Morgan fingerprint density at radius 3 is 2.81 bits per heavy atom. The van der Waals surface area contributed by atoms with Crippen LogP contribution in [0.15, 0.2) is 42.6 Å². The van der Waals surface area contributed by atoms with Gasteiger partial charge in [0.25, 0.3) is 0 Å². The zero-order chi connectivity index (χ0) is 17.9. The molecule has 0 radical (unpaired) electrons. The van der Waals surface area contributed by atoms with E-state index in [1.165, 1.54) is 0 Å². The molecule has 0 saturated carbocycles. The average Bonchev–Trinajstić information content (AvgIpc) is 3.10. The average molecular weight is 351 g/mol. The molecule has 1 fully saturated rings. The third kappa shape index (κ3) is 3.46. The second-order valence-electron chi connectivity index (χ2n) is 6.56. The molecule has 0 aliphatic carbocycles. The van der Waals surface area contributed by atoms with E-state index in [1.807, 2.05) is 36.4 Å². The predicted molar refractivity (Wildman–Crippen MR) is 98.5 cm³/mol. The van der Waals surface area contributed by atoms with Gasteiger partial charge in [-0.1, -0.05) is 30.3 Å². The Hall–Kier alpha value is -3.09. The summed E-state index contributed by atoms with van der Waals surface area (Å²) in [5.41, 5.74) is 8.90. The zero-order valence-corrected chi connectivity index (χ0v) is 14.4. The number of hydrogen-bond acceptors (Lipinski definition) is 5. The monoisotopic (exact) mass is 351 g/mol. The van der Waals surface area contributed by atoms with Crippen LogP contribution in [-0.4, -0.2) is 39.0 Å². The lowest BCUT2D eigenvalue weighted by Gasteiger charge is -2.30. The van der Waals surface area contributed by atoms with Crippen LogP contribution in [0.2, 0.25) is 0 Å². The summed E-state index contributed by atoms with van der Waals surface area (Å²) in [4.78, 5) is 26.1. The van der Waals surface area contributed by atoms with Gasteiger partial charge in [0, 0.05) is 19.0 Å². The number of fused-ring (bicyclic) bond motifs is 1. The number of aromatic amines is 1. The van der Waals surface area contributed by atoms with Crippen molar-refractivity contribution < 1.29 is 9.53 Å². The van der Waals surface area contributed by atoms with Gasteiger partial charge in [-0.15, -0.1) is 0 Å². The minimum Gasteiger partial charge on any atom is -0.445 e. The van der Waals surface area contributed by atoms with Crippen molar-refractivity contribution in [1.82, 2.24) is 19.9 Å². The molecule has 0 bridgehead atoms. The number of benzene rings is 1. The van der Waals surface area contributed by atoms with E-state index >= 15 is 0 Å². The Morgan fingerprint density at radius 1 is 1.27 bits per heavy atom. The lowest BCUT2D eigenvalue weighted by atomic mass is 9.96. The van der Waals surface area contributed by atoms with E-state index in [0.29, 0.717) is 31.0 Å². The first-order valence-corrected chi connectivity index (χ1v) is 8.76. The van der Waals surface area contributed by atoms with Gasteiger partial charge in [-0.3, -0.25) is 0 Å². The van der Waals surface area contributed by atoms with E-state index in [9.17, 15) is 4.79 Å². The van der Waals surface area contributed by atoms with Gasteiger partial charge in [-0.05, 0) is 24.5 Å². The number of carbonyl (C=O) groups excluding carboxylic acids is 1. The Labute approximate surface area is 151 Å². The van der Waals surface area contributed by atoms with Gasteiger partial charge in [0.15, 0.2) is 5.65 Å². The second kappa shape index (κ2) is 7.03. The molecule has 4 rings (SSSR count). The standard InChI is InChI=1S/C19H21N5O2/c20-15-10-16-18(21-11-15)23-17(22-16)14-6-8-24(9-7-14)19(25)26-12-13-4-2-1-3-5-13/h1-5,10-11,14H,6-9,12,20H2,(H,21,22,23). The minimum absolute atomic E-state index is 0.258. The summed E-state index contributed by atoms with van der Waals surface area (Å²) < 4.78 is 5.41. The van der Waals surface area contributed by atoms with E-state index < -0.39 is 0 Å². The number of anilines is 1. The zero-order valence-electron chi connectivity index (χ0n) is 14.4. The van der Waals surface area contributed by atoms with Crippen molar-refractivity contribution >= 4 is 22.9 Å². The number of pyridine rings is 1. The van der Waals surface area contributed by atoms with Crippen LogP contribution in [0.5, 0.6) is 0 Å². The third-order valence-electron chi connectivity index (χ3n) is 4.72. The molecule has 7 nitrogen and oxygen atoms in total. The number of nitrogens with zero attached hydrogens (tertiary/aromatic N) is 3. The summed E-state index contributed by atoms with van der Waals surface area (Å²) in [5.74, 6) is 1.19. The van der Waals surface area contributed by atoms with Crippen molar-refractivity contribution in [2.24, 2.45) is 0 Å². The normalized spacial score (nSPS) is 15.3. The van der Waals surface area contributed by atoms with E-state index in [4.69, 9.17) is 10.5 Å². The molecule has 1 aromatic carbocycles. The maximum atomic E-state index is 12.2. The number of hydrogen-bond donors (Lipinski definition) is 2. The fourth-order valence-corrected chi connectivity index (χ4v) is 3.27. The van der Waals surface area contributed by atoms with Crippen LogP contribution in [0.25, 0.3) is 11.2 Å². The maximum Gasteiger partial charge on any atom is 0.410 e. The highest BCUT2D eigenvalue weighted by atomic mass is 16.6. The number of amides is 1. The van der Waals surface area contributed by atoms with E-state index in [-0.39, 0.29) is 12.0 Å². The molecule has 2 aromatic heterocycles. The molecule has 0 spiro atoms. The highest BCUT2D eigenvalue weighted by molar-refractivity contribution is 5.74. The number of rotatable bonds is 3. The fraction of sp³-hybridized carbons (Fsp3) is 0.316. The predicted octanol–water partition coefficient (Wildman–Crippen LogP) is 3.06. The number of piperidine rings is 1. The molecule has 3 aromatic rings. The fourth-order valence-electron chi connectivity index (χ4n) is 3.27. The highest BCUT2D eigenvalue weighted by Crippen LogP contribution is 2.28. The number of ether oxygens (including phenoxy) is 1. The number of carbonyl (C=O) groups is 1. The first kappa shape index (κ1) is 16.4. The summed E-state index contributed by atoms with van der Waals surface area (Å²) in [6.45, 7) is 1.62. The summed E-state index contributed by atoms with van der Waals surface area (Å²) in [5, 5.41) is 0. The SMILES string of the molecule is Nc1cnc2nc(C3CCN(C(=O)OCc4ccccc4)CC3)[nH]c2c1. The van der Waals surface area contributed by atoms with Crippen molar-refractivity contribution in [3.05, 3.63) is 54.0 Å². The topological polar surface area (TPSA) is 97.1 Å². The molecule has 26 heavy (non-hydrogen) atoms. The second-order valence-corrected chi connectivity index (χ2v) is 6.56. The highest BCUT2D eigenvalue weighted by Gasteiger charge is 2.26. The van der Waals surface area contributed by atoms with Crippen LogP contribution in [0.4, 0.5) is 10.5 Å². The van der Waals surface area contributed by atoms with Gasteiger partial charge in [-0.2, -0.15) is 0 Å². The van der Waals surface area contributed by atoms with Crippen molar-refractivity contribution in [1.29, 1.82) is 0 Å². The number of nitrogen functional groups attached to an aromatic ring is 1. The molecule has 3 heterocycles. The molecule has 0 unspecified atom stereocenters. The molecular weight excluding hydrogens is 330 g/mol. The first-order valence-electron chi connectivity index (χ1n) is 8.76. The first-order chi connectivity index (χ1) is 12.7. The Balaban J connectivity index is 1.33. The number of H-pyrrole nitrogens is 1. The van der Waals surface area contributed by atoms with Crippen LogP contribution >= 0.6 is 0 Å². The Bertz CT molecular complexity index is 901. The minimum atomic E-state index is -0.258. The van der Waals surface area contributed by atoms with Crippen molar-refractivity contribution in [2.45, 2.75) is 25.4 Å². The largest absolute Gasteiger partial charge is 0.445 e. The Kier molecular flexibility index (Phi) is 4.43. The molecule has 134 valence electrons. The lowest BCUT2D eigenvalue weighted by Crippen LogP contribution is -2.38. The maximum absolute atomic E-state index is 12.2. The van der Waals surface area contributed by atoms with Crippen LogP contribution in [-0.2, 0) is 11.3 Å². The van der Waals surface area contributed by atoms with Crippen LogP contribution in [0, 0.1) is 0 Å². The van der Waals surface area contributed by atoms with E-state index in [0.717, 1.165) is 29.7 Å². The molecule has 0 atom stereocenters. The molecular formula is C19H21N5O2. The molecule has 1 saturated heterocycles. The number of imidazole rings is 1. The van der Waals surface area contributed by atoms with Crippen LogP contribution in [0.1, 0.15) is 30.1 Å².